The number of aryl methyl sites for hydroxylation is 1. The number of imidazole rings is 1. The number of carboxylic acids is 1. The third-order valence-electron chi connectivity index (χ3n) is 6.77. The van der Waals surface area contributed by atoms with Gasteiger partial charge in [0.2, 0.25) is 5.82 Å². The zero-order valence-electron chi connectivity index (χ0n) is 19.6. The zero-order valence-corrected chi connectivity index (χ0v) is 19.6. The van der Waals surface area contributed by atoms with Crippen LogP contribution in [0.2, 0.25) is 0 Å². The molecule has 1 aromatic carbocycles. The summed E-state index contributed by atoms with van der Waals surface area (Å²) < 4.78 is 3.38. The number of benzene rings is 1. The second-order valence-electron chi connectivity index (χ2n) is 9.05. The van der Waals surface area contributed by atoms with Crippen molar-refractivity contribution in [2.45, 2.75) is 45.7 Å². The Morgan fingerprint density at radius 3 is 2.60 bits per heavy atom. The Morgan fingerprint density at radius 1 is 1.17 bits per heavy atom. The van der Waals surface area contributed by atoms with Crippen molar-refractivity contribution in [3.05, 3.63) is 70.5 Å². The monoisotopic (exact) mass is 473 g/mol. The van der Waals surface area contributed by atoms with Gasteiger partial charge >= 0.3 is 11.7 Å². The zero-order chi connectivity index (χ0) is 24.5. The molecule has 4 aromatic rings. The van der Waals surface area contributed by atoms with Gasteiger partial charge in [0.15, 0.2) is 0 Å². The summed E-state index contributed by atoms with van der Waals surface area (Å²) >= 11 is 0. The molecule has 1 aliphatic rings. The molecule has 10 heteroatoms. The first-order valence-corrected chi connectivity index (χ1v) is 11.8. The number of tetrazole rings is 1. The van der Waals surface area contributed by atoms with Gasteiger partial charge < -0.3 is 5.11 Å². The number of carbonyl (C=O) groups is 1. The highest BCUT2D eigenvalue weighted by atomic mass is 16.4. The molecule has 3 heterocycles. The largest absolute Gasteiger partial charge is 0.481 e. The number of nitrogens with one attached hydrogen (secondary N) is 1. The lowest BCUT2D eigenvalue weighted by atomic mass is 10.0. The van der Waals surface area contributed by atoms with Crippen LogP contribution >= 0.6 is 0 Å². The summed E-state index contributed by atoms with van der Waals surface area (Å²) in [5, 5.41) is 23.7. The van der Waals surface area contributed by atoms with Crippen molar-refractivity contribution < 1.29 is 9.90 Å². The summed E-state index contributed by atoms with van der Waals surface area (Å²) in [7, 11) is 0. The SMILES string of the molecule is CCCCc1cn(C2C(C)C2C(=O)O)c(=O)n1Cc1ccc(-c2ccccc2-c2nn[nH]n2)nc1. The van der Waals surface area contributed by atoms with Crippen molar-refractivity contribution in [1.82, 2.24) is 34.7 Å². The number of carboxylic acid groups (broad SMARTS) is 1. The van der Waals surface area contributed by atoms with Gasteiger partial charge in [-0.1, -0.05) is 50.6 Å². The number of aromatic nitrogens is 7. The van der Waals surface area contributed by atoms with Crippen molar-refractivity contribution in [3.8, 4) is 22.6 Å². The molecular formula is C25H27N7O3. The Hall–Kier alpha value is -4.08. The van der Waals surface area contributed by atoms with Crippen molar-refractivity contribution in [2.75, 3.05) is 0 Å². The summed E-state index contributed by atoms with van der Waals surface area (Å²) in [6, 6.07) is 11.3. The molecule has 1 saturated carbocycles. The fourth-order valence-electron chi connectivity index (χ4n) is 4.76. The molecule has 0 spiro atoms. The maximum absolute atomic E-state index is 13.3. The molecule has 5 rings (SSSR count). The molecule has 10 nitrogen and oxygen atoms in total. The number of aromatic amines is 1. The number of rotatable bonds is 9. The lowest BCUT2D eigenvalue weighted by molar-refractivity contribution is -0.139. The van der Waals surface area contributed by atoms with Crippen LogP contribution in [0.1, 0.15) is 44.0 Å². The summed E-state index contributed by atoms with van der Waals surface area (Å²) in [5.41, 5.74) is 4.12. The second-order valence-corrected chi connectivity index (χ2v) is 9.05. The van der Waals surface area contributed by atoms with Crippen LogP contribution in [-0.2, 0) is 17.8 Å². The van der Waals surface area contributed by atoms with E-state index in [1.54, 1.807) is 15.3 Å². The average Bonchev–Trinajstić information content (AvgIpc) is 3.18. The van der Waals surface area contributed by atoms with Crippen LogP contribution in [0.15, 0.2) is 53.6 Å². The Bertz CT molecular complexity index is 1390. The minimum Gasteiger partial charge on any atom is -0.481 e. The highest BCUT2D eigenvalue weighted by Crippen LogP contribution is 2.49. The number of nitrogens with zero attached hydrogens (tertiary/aromatic N) is 6. The minimum atomic E-state index is -0.849. The third-order valence-corrected chi connectivity index (χ3v) is 6.77. The summed E-state index contributed by atoms with van der Waals surface area (Å²) in [6.45, 7) is 4.37. The first-order valence-electron chi connectivity index (χ1n) is 11.8. The van der Waals surface area contributed by atoms with Crippen LogP contribution in [0.4, 0.5) is 0 Å². The second kappa shape index (κ2) is 9.28. The van der Waals surface area contributed by atoms with Crippen LogP contribution in [0.5, 0.6) is 0 Å². The van der Waals surface area contributed by atoms with Gasteiger partial charge in [-0.3, -0.25) is 18.9 Å². The maximum Gasteiger partial charge on any atom is 0.328 e. The Balaban J connectivity index is 1.43. The summed E-state index contributed by atoms with van der Waals surface area (Å²) in [5.74, 6) is -0.921. The Labute approximate surface area is 201 Å². The van der Waals surface area contributed by atoms with Gasteiger partial charge in [-0.2, -0.15) is 5.21 Å². The number of hydrogen-bond acceptors (Lipinski definition) is 6. The highest BCUT2D eigenvalue weighted by Gasteiger charge is 2.54. The Kier molecular flexibility index (Phi) is 6.02. The standard InChI is InChI=1S/C25H27N7O3/c1-3-4-7-17-14-32(22-15(2)21(22)24(33)34)25(35)31(17)13-16-10-11-20(26-12-16)18-8-5-6-9-19(18)23-27-29-30-28-23/h5-6,8-12,14-15,21-22H,3-4,7,13H2,1-2H3,(H,33,34)(H,27,28,29,30). The van der Waals surface area contributed by atoms with E-state index >= 15 is 0 Å². The maximum atomic E-state index is 13.3. The fourth-order valence-corrected chi connectivity index (χ4v) is 4.76. The van der Waals surface area contributed by atoms with E-state index < -0.39 is 11.9 Å². The van der Waals surface area contributed by atoms with Gasteiger partial charge in [0.05, 0.1) is 24.2 Å². The van der Waals surface area contributed by atoms with Crippen LogP contribution < -0.4 is 5.69 Å². The van der Waals surface area contributed by atoms with Crippen molar-refractivity contribution >= 4 is 5.97 Å². The van der Waals surface area contributed by atoms with Crippen molar-refractivity contribution in [1.29, 1.82) is 0 Å². The molecular weight excluding hydrogens is 446 g/mol. The molecule has 0 bridgehead atoms. The van der Waals surface area contributed by atoms with Gasteiger partial charge in [-0.05, 0) is 35.6 Å². The molecule has 1 aliphatic carbocycles. The van der Waals surface area contributed by atoms with Crippen LogP contribution in [-0.4, -0.2) is 45.8 Å². The lowest BCUT2D eigenvalue weighted by Gasteiger charge is -2.09. The van der Waals surface area contributed by atoms with Crippen molar-refractivity contribution in [2.24, 2.45) is 11.8 Å². The molecule has 0 aliphatic heterocycles. The van der Waals surface area contributed by atoms with Gasteiger partial charge in [0.1, 0.15) is 0 Å². The molecule has 0 radical (unpaired) electrons. The molecule has 3 aromatic heterocycles. The fraction of sp³-hybridized carbons (Fsp3) is 0.360. The van der Waals surface area contributed by atoms with E-state index in [4.69, 9.17) is 0 Å². The van der Waals surface area contributed by atoms with Crippen LogP contribution in [0, 0.1) is 11.8 Å². The van der Waals surface area contributed by atoms with E-state index in [2.05, 4.69) is 32.5 Å². The molecule has 0 saturated heterocycles. The first kappa shape index (κ1) is 22.7. The third kappa shape index (κ3) is 4.27. The summed E-state index contributed by atoms with van der Waals surface area (Å²) in [6.07, 6.45) is 6.35. The van der Waals surface area contributed by atoms with E-state index in [9.17, 15) is 14.7 Å². The molecule has 0 amide bonds. The van der Waals surface area contributed by atoms with Gasteiger partial charge in [-0.25, -0.2) is 4.79 Å². The lowest BCUT2D eigenvalue weighted by Crippen LogP contribution is -2.26. The van der Waals surface area contributed by atoms with Gasteiger partial charge in [-0.15, -0.1) is 10.2 Å². The number of H-pyrrole nitrogens is 1. The van der Waals surface area contributed by atoms with E-state index in [1.807, 2.05) is 49.5 Å². The summed E-state index contributed by atoms with van der Waals surface area (Å²) in [4.78, 5) is 29.5. The number of aliphatic carboxylic acids is 1. The van der Waals surface area contributed by atoms with E-state index in [1.165, 1.54) is 0 Å². The van der Waals surface area contributed by atoms with E-state index in [0.29, 0.717) is 12.4 Å². The van der Waals surface area contributed by atoms with Crippen LogP contribution in [0.25, 0.3) is 22.6 Å². The normalized spacial score (nSPS) is 19.1. The molecule has 180 valence electrons. The topological polar surface area (TPSA) is 132 Å². The number of pyridine rings is 1. The number of unbranched alkanes of at least 4 members (excludes halogenated alkanes) is 1. The van der Waals surface area contributed by atoms with Crippen LogP contribution in [0.3, 0.4) is 0 Å². The van der Waals surface area contributed by atoms with Crippen molar-refractivity contribution in [3.63, 3.8) is 0 Å². The quantitative estimate of drug-likeness (QED) is 0.382. The Morgan fingerprint density at radius 2 is 1.97 bits per heavy atom. The molecule has 35 heavy (non-hydrogen) atoms. The molecule has 3 atom stereocenters. The predicted molar refractivity (Wildman–Crippen MR) is 129 cm³/mol. The molecule has 3 unspecified atom stereocenters. The average molecular weight is 474 g/mol. The number of hydrogen-bond donors (Lipinski definition) is 2. The smallest absolute Gasteiger partial charge is 0.328 e. The van der Waals surface area contributed by atoms with E-state index in [0.717, 1.165) is 47.3 Å². The highest BCUT2D eigenvalue weighted by molar-refractivity contribution is 5.78. The van der Waals surface area contributed by atoms with E-state index in [-0.39, 0.29) is 17.6 Å². The molecule has 1 fully saturated rings. The van der Waals surface area contributed by atoms with Gasteiger partial charge in [0, 0.05) is 29.2 Å². The minimum absolute atomic E-state index is 0.0553. The first-order chi connectivity index (χ1) is 17.0. The predicted octanol–water partition coefficient (Wildman–Crippen LogP) is 3.17. The van der Waals surface area contributed by atoms with Gasteiger partial charge in [0.25, 0.3) is 0 Å². The molecule has 2 N–H and O–H groups in total.